The van der Waals surface area contributed by atoms with Crippen molar-refractivity contribution in [1.82, 2.24) is 0 Å². The molecule has 0 N–H and O–H groups in total. The molecule has 4 heteroatoms. The highest BCUT2D eigenvalue weighted by atomic mass is 16.7. The molecule has 2 aliphatic rings. The molecule has 0 atom stereocenters. The zero-order chi connectivity index (χ0) is 9.64. The molecule has 0 bridgehead atoms. The van der Waals surface area contributed by atoms with E-state index in [1.54, 1.807) is 0 Å². The fraction of sp³-hybridized carbons (Fsp3) is 1.00. The van der Waals surface area contributed by atoms with Crippen molar-refractivity contribution in [3.8, 4) is 0 Å². The lowest BCUT2D eigenvalue weighted by atomic mass is 10.2. The standard InChI is InChI=1S/C10H18O4/c1-5-11-9(12-6-1)3-4-10-13-7-2-8-14-10/h9-10H,1-8H2. The normalized spacial score (nSPS) is 26.6. The largest absolute Gasteiger partial charge is 0.353 e. The van der Waals surface area contributed by atoms with Crippen molar-refractivity contribution in [2.24, 2.45) is 0 Å². The van der Waals surface area contributed by atoms with Gasteiger partial charge in [0.2, 0.25) is 0 Å². The van der Waals surface area contributed by atoms with Gasteiger partial charge in [-0.3, -0.25) is 0 Å². The number of rotatable bonds is 3. The first-order chi connectivity index (χ1) is 6.95. The number of hydrogen-bond donors (Lipinski definition) is 0. The summed E-state index contributed by atoms with van der Waals surface area (Å²) in [5.41, 5.74) is 0. The number of ether oxygens (including phenoxy) is 4. The van der Waals surface area contributed by atoms with E-state index in [2.05, 4.69) is 0 Å². The van der Waals surface area contributed by atoms with Crippen LogP contribution in [0.3, 0.4) is 0 Å². The Morgan fingerprint density at radius 3 is 1.36 bits per heavy atom. The van der Waals surface area contributed by atoms with Gasteiger partial charge in [-0.05, 0) is 12.8 Å². The highest BCUT2D eigenvalue weighted by Crippen LogP contribution is 2.16. The molecule has 0 aromatic carbocycles. The van der Waals surface area contributed by atoms with Crippen molar-refractivity contribution in [2.75, 3.05) is 26.4 Å². The van der Waals surface area contributed by atoms with E-state index < -0.39 is 0 Å². The average Bonchev–Trinajstić information content (AvgIpc) is 2.29. The molecule has 2 heterocycles. The Kier molecular flexibility index (Phi) is 4.19. The molecule has 0 aromatic heterocycles. The zero-order valence-electron chi connectivity index (χ0n) is 8.44. The van der Waals surface area contributed by atoms with E-state index in [0.717, 1.165) is 52.1 Å². The van der Waals surface area contributed by atoms with Crippen molar-refractivity contribution in [3.63, 3.8) is 0 Å². The minimum Gasteiger partial charge on any atom is -0.353 e. The Morgan fingerprint density at radius 1 is 0.643 bits per heavy atom. The molecule has 0 spiro atoms. The first-order valence-electron chi connectivity index (χ1n) is 5.41. The number of hydrogen-bond acceptors (Lipinski definition) is 4. The lowest BCUT2D eigenvalue weighted by Gasteiger charge is -2.27. The SMILES string of the molecule is C1COC(CCC2OCCCO2)OC1. The van der Waals surface area contributed by atoms with Gasteiger partial charge in [0.25, 0.3) is 0 Å². The van der Waals surface area contributed by atoms with Crippen molar-refractivity contribution >= 4 is 0 Å². The summed E-state index contributed by atoms with van der Waals surface area (Å²) in [7, 11) is 0. The van der Waals surface area contributed by atoms with Crippen molar-refractivity contribution in [1.29, 1.82) is 0 Å². The molecule has 0 aromatic rings. The first kappa shape index (κ1) is 10.4. The third-order valence-electron chi connectivity index (χ3n) is 2.43. The summed E-state index contributed by atoms with van der Waals surface area (Å²) >= 11 is 0. The van der Waals surface area contributed by atoms with E-state index in [1.165, 1.54) is 0 Å². The molecule has 82 valence electrons. The summed E-state index contributed by atoms with van der Waals surface area (Å²) in [6.45, 7) is 3.27. The average molecular weight is 202 g/mol. The van der Waals surface area contributed by atoms with E-state index in [4.69, 9.17) is 18.9 Å². The molecule has 0 unspecified atom stereocenters. The van der Waals surface area contributed by atoms with Crippen LogP contribution in [0, 0.1) is 0 Å². The molecule has 0 saturated carbocycles. The minimum atomic E-state index is -0.0436. The lowest BCUT2D eigenvalue weighted by Crippen LogP contribution is -2.29. The molecule has 2 rings (SSSR count). The molecule has 0 aliphatic carbocycles. The predicted octanol–water partition coefficient (Wildman–Crippen LogP) is 1.29. The van der Waals surface area contributed by atoms with Crippen LogP contribution in [0.25, 0.3) is 0 Å². The molecule has 0 radical (unpaired) electrons. The van der Waals surface area contributed by atoms with Gasteiger partial charge >= 0.3 is 0 Å². The third-order valence-corrected chi connectivity index (χ3v) is 2.43. The highest BCUT2D eigenvalue weighted by molar-refractivity contribution is 4.57. The van der Waals surface area contributed by atoms with Crippen LogP contribution in [-0.4, -0.2) is 39.0 Å². The second-order valence-corrected chi connectivity index (χ2v) is 3.63. The van der Waals surface area contributed by atoms with Crippen LogP contribution in [0.2, 0.25) is 0 Å². The summed E-state index contributed by atoms with van der Waals surface area (Å²) < 4.78 is 21.7. The fourth-order valence-corrected chi connectivity index (χ4v) is 1.68. The van der Waals surface area contributed by atoms with E-state index in [0.29, 0.717) is 0 Å². The Morgan fingerprint density at radius 2 is 1.00 bits per heavy atom. The van der Waals surface area contributed by atoms with Crippen molar-refractivity contribution in [2.45, 2.75) is 38.3 Å². The molecular formula is C10H18O4. The van der Waals surface area contributed by atoms with E-state index in [1.807, 2.05) is 0 Å². The molecule has 2 aliphatic heterocycles. The van der Waals surface area contributed by atoms with Gasteiger partial charge in [-0.1, -0.05) is 0 Å². The topological polar surface area (TPSA) is 36.9 Å². The van der Waals surface area contributed by atoms with E-state index in [9.17, 15) is 0 Å². The van der Waals surface area contributed by atoms with Crippen LogP contribution in [0.4, 0.5) is 0 Å². The van der Waals surface area contributed by atoms with Gasteiger partial charge in [-0.15, -0.1) is 0 Å². The second-order valence-electron chi connectivity index (χ2n) is 3.63. The smallest absolute Gasteiger partial charge is 0.157 e. The maximum absolute atomic E-state index is 5.44. The Balaban J connectivity index is 1.60. The molecule has 14 heavy (non-hydrogen) atoms. The van der Waals surface area contributed by atoms with Crippen LogP contribution in [0.1, 0.15) is 25.7 Å². The Labute approximate surface area is 84.5 Å². The van der Waals surface area contributed by atoms with Crippen LogP contribution >= 0.6 is 0 Å². The minimum absolute atomic E-state index is 0.0436. The summed E-state index contributed by atoms with van der Waals surface area (Å²) in [6, 6.07) is 0. The van der Waals surface area contributed by atoms with Gasteiger partial charge < -0.3 is 18.9 Å². The monoisotopic (exact) mass is 202 g/mol. The maximum atomic E-state index is 5.44. The summed E-state index contributed by atoms with van der Waals surface area (Å²) in [6.07, 6.45) is 3.66. The fourth-order valence-electron chi connectivity index (χ4n) is 1.68. The van der Waals surface area contributed by atoms with Gasteiger partial charge in [0.05, 0.1) is 26.4 Å². The molecule has 2 fully saturated rings. The predicted molar refractivity (Wildman–Crippen MR) is 49.9 cm³/mol. The zero-order valence-corrected chi connectivity index (χ0v) is 8.44. The van der Waals surface area contributed by atoms with Crippen LogP contribution in [0.5, 0.6) is 0 Å². The summed E-state index contributed by atoms with van der Waals surface area (Å²) in [5, 5.41) is 0. The molecule has 0 amide bonds. The van der Waals surface area contributed by atoms with Crippen molar-refractivity contribution < 1.29 is 18.9 Å². The van der Waals surface area contributed by atoms with E-state index >= 15 is 0 Å². The third kappa shape index (κ3) is 3.20. The van der Waals surface area contributed by atoms with Crippen LogP contribution < -0.4 is 0 Å². The summed E-state index contributed by atoms with van der Waals surface area (Å²) in [4.78, 5) is 0. The van der Waals surface area contributed by atoms with Gasteiger partial charge in [0.15, 0.2) is 12.6 Å². The molecular weight excluding hydrogens is 184 g/mol. The Bertz CT molecular complexity index is 132. The van der Waals surface area contributed by atoms with Gasteiger partial charge in [-0.2, -0.15) is 0 Å². The first-order valence-corrected chi connectivity index (χ1v) is 5.41. The second kappa shape index (κ2) is 5.66. The van der Waals surface area contributed by atoms with Crippen molar-refractivity contribution in [3.05, 3.63) is 0 Å². The molecule has 4 nitrogen and oxygen atoms in total. The van der Waals surface area contributed by atoms with Gasteiger partial charge in [0.1, 0.15) is 0 Å². The van der Waals surface area contributed by atoms with Gasteiger partial charge in [0, 0.05) is 12.8 Å². The van der Waals surface area contributed by atoms with E-state index in [-0.39, 0.29) is 12.6 Å². The quantitative estimate of drug-likeness (QED) is 0.691. The lowest BCUT2D eigenvalue weighted by molar-refractivity contribution is -0.211. The molecule has 2 saturated heterocycles. The van der Waals surface area contributed by atoms with Crippen LogP contribution in [0.15, 0.2) is 0 Å². The Hall–Kier alpha value is -0.160. The van der Waals surface area contributed by atoms with Gasteiger partial charge in [-0.25, -0.2) is 0 Å². The highest BCUT2D eigenvalue weighted by Gasteiger charge is 2.19. The van der Waals surface area contributed by atoms with Crippen LogP contribution in [-0.2, 0) is 18.9 Å². The maximum Gasteiger partial charge on any atom is 0.157 e. The summed E-state index contributed by atoms with van der Waals surface area (Å²) in [5.74, 6) is 0.